The normalized spacial score (nSPS) is 14.6. The summed E-state index contributed by atoms with van der Waals surface area (Å²) in [6, 6.07) is 96.1. The molecule has 3 aliphatic carbocycles. The fourth-order valence-electron chi connectivity index (χ4n) is 14.6. The van der Waals surface area contributed by atoms with E-state index in [0.29, 0.717) is 0 Å². The predicted octanol–water partition coefficient (Wildman–Crippen LogP) is 18.7. The molecule has 2 spiro atoms. The van der Waals surface area contributed by atoms with E-state index in [1.54, 1.807) is 0 Å². The highest BCUT2D eigenvalue weighted by molar-refractivity contribution is 6.06. The van der Waals surface area contributed by atoms with Crippen LogP contribution in [0.25, 0.3) is 77.2 Å². The van der Waals surface area contributed by atoms with E-state index in [0.717, 1.165) is 28.7 Å². The molecule has 1 heterocycles. The van der Waals surface area contributed by atoms with Crippen LogP contribution in [0.4, 0.5) is 0 Å². The maximum Gasteiger partial charge on any atom is 0.140 e. The molecular weight excluding hydrogens is 893 g/mol. The largest absolute Gasteiger partial charge is 0.455 e. The Morgan fingerprint density at radius 1 is 0.324 bits per heavy atom. The van der Waals surface area contributed by atoms with Gasteiger partial charge < -0.3 is 4.74 Å². The lowest BCUT2D eigenvalue weighted by molar-refractivity contribution is 0.447. The van der Waals surface area contributed by atoms with Gasteiger partial charge in [-0.05, 0) is 117 Å². The summed E-state index contributed by atoms with van der Waals surface area (Å²) in [7, 11) is 0. The van der Waals surface area contributed by atoms with Crippen LogP contribution in [0.3, 0.4) is 0 Å². The van der Waals surface area contributed by atoms with Crippen molar-refractivity contribution in [2.24, 2.45) is 0 Å². The van der Waals surface area contributed by atoms with Gasteiger partial charge in [0.25, 0.3) is 0 Å². The molecule has 1 heteroatoms. The summed E-state index contributed by atoms with van der Waals surface area (Å²) < 4.78 is 7.33. The number of rotatable bonds is 5. The first-order chi connectivity index (χ1) is 36.7. The van der Waals surface area contributed by atoms with E-state index in [2.05, 4.69) is 262 Å². The van der Waals surface area contributed by atoms with Gasteiger partial charge >= 0.3 is 0 Å². The molecular formula is C73H48O. The van der Waals surface area contributed by atoms with Crippen LogP contribution in [0.1, 0.15) is 74.9 Å². The Hall–Kier alpha value is -9.04. The zero-order chi connectivity index (χ0) is 48.7. The predicted molar refractivity (Wildman–Crippen MR) is 305 cm³/mol. The van der Waals surface area contributed by atoms with E-state index >= 15 is 0 Å². The van der Waals surface area contributed by atoms with E-state index in [1.165, 1.54) is 122 Å². The first kappa shape index (κ1) is 41.6. The first-order valence-electron chi connectivity index (χ1n) is 26.3. The van der Waals surface area contributed by atoms with Gasteiger partial charge in [-0.1, -0.05) is 262 Å². The summed E-state index contributed by atoms with van der Waals surface area (Å²) in [4.78, 5) is 0. The van der Waals surface area contributed by atoms with Gasteiger partial charge in [-0.3, -0.25) is 0 Å². The minimum atomic E-state index is -0.658. The Kier molecular flexibility index (Phi) is 8.70. The van der Waals surface area contributed by atoms with Crippen molar-refractivity contribution in [2.75, 3.05) is 0 Å². The van der Waals surface area contributed by atoms with Gasteiger partial charge in [0.1, 0.15) is 11.5 Å². The molecule has 12 aromatic rings. The zero-order valence-electron chi connectivity index (χ0n) is 40.9. The third kappa shape index (κ3) is 5.28. The average Bonchev–Trinajstić information content (AvgIpc) is 4.13. The second-order valence-corrected chi connectivity index (χ2v) is 20.7. The molecule has 74 heavy (non-hydrogen) atoms. The summed E-state index contributed by atoms with van der Waals surface area (Å²) in [5.74, 6) is 2.00. The van der Waals surface area contributed by atoms with Crippen molar-refractivity contribution in [3.05, 3.63) is 310 Å². The van der Waals surface area contributed by atoms with Gasteiger partial charge in [-0.25, -0.2) is 0 Å². The Bertz CT molecular complexity index is 4210. The fraction of sp³-hybridized carbons (Fsp3) is 0.0685. The third-order valence-corrected chi connectivity index (χ3v) is 17.5. The van der Waals surface area contributed by atoms with Gasteiger partial charge in [0, 0.05) is 27.8 Å². The van der Waals surface area contributed by atoms with Crippen molar-refractivity contribution < 1.29 is 4.74 Å². The van der Waals surface area contributed by atoms with E-state index in [9.17, 15) is 0 Å². The van der Waals surface area contributed by atoms with Crippen LogP contribution in [-0.4, -0.2) is 0 Å². The van der Waals surface area contributed by atoms with Crippen molar-refractivity contribution in [2.45, 2.75) is 30.1 Å². The number of hydrogen-bond donors (Lipinski definition) is 0. The second-order valence-electron chi connectivity index (χ2n) is 20.7. The molecule has 0 radical (unpaired) electrons. The van der Waals surface area contributed by atoms with Crippen molar-refractivity contribution in [1.29, 1.82) is 0 Å². The summed E-state index contributed by atoms with van der Waals surface area (Å²) in [5, 5.41) is 4.58. The van der Waals surface area contributed by atoms with Crippen molar-refractivity contribution in [3.63, 3.8) is 0 Å². The number of benzene rings is 12. The molecule has 0 N–H and O–H groups in total. The van der Waals surface area contributed by atoms with Crippen LogP contribution in [0.2, 0.25) is 0 Å². The SMILES string of the molecule is CC[C@H](c1ccc2c(c1)-c1ccccc1C21c2ccccc2-c2ccccc21)c1ccccc1-c1ccc2c(c1-c1ccccc1)-c1ccccc1C21c2ccc3ccccc3c2Oc2c1ccc1ccccc21. The van der Waals surface area contributed by atoms with Gasteiger partial charge in [0.05, 0.1) is 10.8 Å². The van der Waals surface area contributed by atoms with Crippen molar-refractivity contribution in [3.8, 4) is 67.1 Å². The van der Waals surface area contributed by atoms with Gasteiger partial charge in [0.2, 0.25) is 0 Å². The molecule has 1 aliphatic heterocycles. The Labute approximate surface area is 431 Å². The highest BCUT2D eigenvalue weighted by Gasteiger charge is 2.54. The van der Waals surface area contributed by atoms with Crippen LogP contribution in [0.5, 0.6) is 11.5 Å². The monoisotopic (exact) mass is 940 g/mol. The summed E-state index contributed by atoms with van der Waals surface area (Å²) >= 11 is 0. The van der Waals surface area contributed by atoms with Gasteiger partial charge in [-0.15, -0.1) is 0 Å². The standard InChI is InChI=1S/C73H48O/c1-2-49(48-38-40-64-59(44-48)56-30-14-18-34-62(56)72(64)60-32-16-12-28-54(60)55-29-13-17-33-61(55)72)52-26-10-11-27-53(52)57-39-43-65-69(68(57)47-22-4-3-5-23-47)58-31-15-19-35-63(58)73(65)66-41-36-45-20-6-8-24-50(45)70(66)74-71-51-25-9-7-21-46(51)37-42-67(71)73/h3-44,49H,2H2,1H3/t49-/m1/s1. The molecule has 4 aliphatic rings. The van der Waals surface area contributed by atoms with Crippen molar-refractivity contribution in [1.82, 2.24) is 0 Å². The topological polar surface area (TPSA) is 9.23 Å². The minimum absolute atomic E-state index is 0.134. The highest BCUT2D eigenvalue weighted by atomic mass is 16.5. The zero-order valence-corrected chi connectivity index (χ0v) is 40.9. The van der Waals surface area contributed by atoms with Crippen molar-refractivity contribution >= 4 is 21.5 Å². The lowest BCUT2D eigenvalue weighted by Gasteiger charge is -2.40. The molecule has 0 aromatic heterocycles. The van der Waals surface area contributed by atoms with Crippen LogP contribution in [0, 0.1) is 0 Å². The van der Waals surface area contributed by atoms with Crippen LogP contribution >= 0.6 is 0 Å². The molecule has 346 valence electrons. The second kappa shape index (κ2) is 15.5. The summed E-state index contributed by atoms with van der Waals surface area (Å²) in [5.41, 5.74) is 24.9. The maximum absolute atomic E-state index is 7.33. The summed E-state index contributed by atoms with van der Waals surface area (Å²) in [6.45, 7) is 2.36. The van der Waals surface area contributed by atoms with E-state index in [1.807, 2.05) is 0 Å². The fourth-order valence-corrected chi connectivity index (χ4v) is 14.6. The van der Waals surface area contributed by atoms with E-state index in [-0.39, 0.29) is 11.3 Å². The molecule has 1 atom stereocenters. The summed E-state index contributed by atoms with van der Waals surface area (Å²) in [6.07, 6.45) is 0.946. The van der Waals surface area contributed by atoms with E-state index < -0.39 is 5.41 Å². The van der Waals surface area contributed by atoms with Gasteiger partial charge in [0.15, 0.2) is 0 Å². The smallest absolute Gasteiger partial charge is 0.140 e. The maximum atomic E-state index is 7.33. The Morgan fingerprint density at radius 2 is 0.770 bits per heavy atom. The van der Waals surface area contributed by atoms with E-state index in [4.69, 9.17) is 4.74 Å². The molecule has 0 unspecified atom stereocenters. The molecule has 1 nitrogen and oxygen atoms in total. The van der Waals surface area contributed by atoms with Gasteiger partial charge in [-0.2, -0.15) is 0 Å². The third-order valence-electron chi connectivity index (χ3n) is 17.5. The Morgan fingerprint density at radius 3 is 1.38 bits per heavy atom. The molecule has 12 aromatic carbocycles. The molecule has 16 rings (SSSR count). The lowest BCUT2D eigenvalue weighted by Crippen LogP contribution is -2.32. The number of ether oxygens (including phenoxy) is 1. The van der Waals surface area contributed by atoms with Crippen LogP contribution in [-0.2, 0) is 10.8 Å². The first-order valence-corrected chi connectivity index (χ1v) is 26.3. The number of hydrogen-bond acceptors (Lipinski definition) is 1. The highest BCUT2D eigenvalue weighted by Crippen LogP contribution is 2.67. The van der Waals surface area contributed by atoms with Crippen LogP contribution < -0.4 is 4.74 Å². The quantitative estimate of drug-likeness (QED) is 0.167. The molecule has 0 amide bonds. The minimum Gasteiger partial charge on any atom is -0.455 e. The number of fused-ring (bicyclic) bond motifs is 23. The lowest BCUT2D eigenvalue weighted by atomic mass is 9.65. The molecule has 0 bridgehead atoms. The van der Waals surface area contributed by atoms with Crippen LogP contribution in [0.15, 0.2) is 255 Å². The molecule has 0 fully saturated rings. The molecule has 0 saturated carbocycles. The Balaban J connectivity index is 0.934. The average molecular weight is 941 g/mol. The molecule has 0 saturated heterocycles.